The first-order valence-electron chi connectivity index (χ1n) is 8.15. The van der Waals surface area contributed by atoms with E-state index < -0.39 is 0 Å². The number of rotatable bonds is 7. The quantitative estimate of drug-likeness (QED) is 0.299. The summed E-state index contributed by atoms with van der Waals surface area (Å²) in [7, 11) is 1.80. The molecule has 0 bridgehead atoms. The lowest BCUT2D eigenvalue weighted by molar-refractivity contribution is 0.152. The highest BCUT2D eigenvalue weighted by atomic mass is 127. The van der Waals surface area contributed by atoms with E-state index in [-0.39, 0.29) is 24.0 Å². The number of nitrogens with one attached hydrogen (secondary N) is 2. The van der Waals surface area contributed by atoms with Crippen LogP contribution < -0.4 is 10.6 Å². The summed E-state index contributed by atoms with van der Waals surface area (Å²) in [5, 5.41) is 6.61. The van der Waals surface area contributed by atoms with Gasteiger partial charge in [-0.2, -0.15) is 0 Å². The minimum absolute atomic E-state index is 0. The number of halogens is 1. The number of guanidine groups is 1. The van der Waals surface area contributed by atoms with E-state index in [1.807, 2.05) is 6.92 Å². The second-order valence-corrected chi connectivity index (χ2v) is 5.42. The predicted octanol–water partition coefficient (Wildman–Crippen LogP) is 1.86. The van der Waals surface area contributed by atoms with Crippen molar-refractivity contribution in [1.82, 2.24) is 15.5 Å². The summed E-state index contributed by atoms with van der Waals surface area (Å²) in [5.41, 5.74) is 2.97. The average molecular weight is 432 g/mol. The number of hydrogen-bond donors (Lipinski definition) is 2. The molecule has 1 aromatic carbocycles. The maximum Gasteiger partial charge on any atom is 0.191 e. The number of aliphatic imine (C=N–C) groups is 1. The summed E-state index contributed by atoms with van der Waals surface area (Å²) in [6, 6.07) is 8.75. The summed E-state index contributed by atoms with van der Waals surface area (Å²) in [6.45, 7) is 8.36. The molecule has 5 nitrogen and oxygen atoms in total. The van der Waals surface area contributed by atoms with Gasteiger partial charge in [0.15, 0.2) is 5.96 Å². The zero-order valence-electron chi connectivity index (χ0n) is 14.2. The van der Waals surface area contributed by atoms with Crippen molar-refractivity contribution in [2.75, 3.05) is 46.4 Å². The van der Waals surface area contributed by atoms with Crippen LogP contribution in [0.15, 0.2) is 29.3 Å². The zero-order chi connectivity index (χ0) is 15.6. The molecule has 130 valence electrons. The van der Waals surface area contributed by atoms with Crippen molar-refractivity contribution in [2.24, 2.45) is 4.99 Å². The van der Waals surface area contributed by atoms with E-state index in [9.17, 15) is 0 Å². The van der Waals surface area contributed by atoms with Crippen LogP contribution in [-0.4, -0.2) is 57.3 Å². The molecular weight excluding hydrogens is 403 g/mol. The molecule has 2 N–H and O–H groups in total. The van der Waals surface area contributed by atoms with Crippen LogP contribution in [0, 0.1) is 0 Å². The lowest BCUT2D eigenvalue weighted by Gasteiger charge is -2.28. The van der Waals surface area contributed by atoms with Crippen molar-refractivity contribution < 1.29 is 4.74 Å². The van der Waals surface area contributed by atoms with Gasteiger partial charge in [0.25, 0.3) is 0 Å². The van der Waals surface area contributed by atoms with Gasteiger partial charge in [-0.1, -0.05) is 24.3 Å². The highest BCUT2D eigenvalue weighted by Gasteiger charge is 2.14. The highest BCUT2D eigenvalue weighted by molar-refractivity contribution is 14.0. The molecule has 6 heteroatoms. The number of benzene rings is 1. The van der Waals surface area contributed by atoms with Crippen LogP contribution in [0.4, 0.5) is 0 Å². The third kappa shape index (κ3) is 7.05. The molecule has 1 aliphatic heterocycles. The predicted molar refractivity (Wildman–Crippen MR) is 107 cm³/mol. The van der Waals surface area contributed by atoms with E-state index in [0.29, 0.717) is 6.61 Å². The largest absolute Gasteiger partial charge is 0.380 e. The van der Waals surface area contributed by atoms with Gasteiger partial charge in [-0.05, 0) is 24.5 Å². The minimum atomic E-state index is 0. The van der Waals surface area contributed by atoms with Gasteiger partial charge in [-0.3, -0.25) is 9.89 Å². The van der Waals surface area contributed by atoms with Crippen molar-refractivity contribution in [1.29, 1.82) is 0 Å². The molecule has 0 spiro atoms. The van der Waals surface area contributed by atoms with Crippen molar-refractivity contribution in [2.45, 2.75) is 19.9 Å². The maximum atomic E-state index is 5.31. The molecule has 0 saturated heterocycles. The van der Waals surface area contributed by atoms with E-state index in [1.54, 1.807) is 7.05 Å². The topological polar surface area (TPSA) is 48.9 Å². The smallest absolute Gasteiger partial charge is 0.191 e. The van der Waals surface area contributed by atoms with Crippen LogP contribution in [0.2, 0.25) is 0 Å². The summed E-state index contributed by atoms with van der Waals surface area (Å²) in [4.78, 5) is 6.71. The Morgan fingerprint density at radius 3 is 2.70 bits per heavy atom. The normalized spacial score (nSPS) is 14.8. The number of hydrogen-bond acceptors (Lipinski definition) is 3. The summed E-state index contributed by atoms with van der Waals surface area (Å²) >= 11 is 0. The van der Waals surface area contributed by atoms with Crippen molar-refractivity contribution in [3.05, 3.63) is 35.4 Å². The first-order chi connectivity index (χ1) is 10.8. The van der Waals surface area contributed by atoms with E-state index in [4.69, 9.17) is 4.74 Å². The van der Waals surface area contributed by atoms with Gasteiger partial charge >= 0.3 is 0 Å². The van der Waals surface area contributed by atoms with E-state index >= 15 is 0 Å². The number of fused-ring (bicyclic) bond motifs is 1. The Bertz CT molecular complexity index is 481. The number of ether oxygens (including phenoxy) is 1. The van der Waals surface area contributed by atoms with Crippen molar-refractivity contribution in [3.63, 3.8) is 0 Å². The standard InChI is InChI=1S/C17H28N4O.HI/c1-3-22-13-10-20-17(18-2)19-9-12-21-11-8-15-6-4-5-7-16(15)14-21;/h4-7H,3,8-14H2,1-2H3,(H2,18,19,20);1H. The van der Waals surface area contributed by atoms with Crippen LogP contribution in [0.25, 0.3) is 0 Å². The molecular formula is C17H29IN4O. The monoisotopic (exact) mass is 432 g/mol. The fourth-order valence-corrected chi connectivity index (χ4v) is 2.68. The zero-order valence-corrected chi connectivity index (χ0v) is 16.5. The van der Waals surface area contributed by atoms with Crippen LogP contribution >= 0.6 is 24.0 Å². The molecule has 0 aromatic heterocycles. The van der Waals surface area contributed by atoms with Crippen molar-refractivity contribution >= 4 is 29.9 Å². The second-order valence-electron chi connectivity index (χ2n) is 5.42. The molecule has 0 radical (unpaired) electrons. The third-order valence-electron chi connectivity index (χ3n) is 3.90. The lowest BCUT2D eigenvalue weighted by Crippen LogP contribution is -2.43. The molecule has 2 rings (SSSR count). The van der Waals surface area contributed by atoms with Gasteiger partial charge in [0, 0.05) is 46.4 Å². The molecule has 1 aliphatic rings. The Labute approximate surface area is 156 Å². The van der Waals surface area contributed by atoms with Crippen LogP contribution in [0.3, 0.4) is 0 Å². The molecule has 1 aromatic rings. The van der Waals surface area contributed by atoms with Crippen molar-refractivity contribution in [3.8, 4) is 0 Å². The highest BCUT2D eigenvalue weighted by Crippen LogP contribution is 2.17. The molecule has 23 heavy (non-hydrogen) atoms. The van der Waals surface area contributed by atoms with Gasteiger partial charge in [0.1, 0.15) is 0 Å². The molecule has 0 saturated carbocycles. The van der Waals surface area contributed by atoms with E-state index in [1.165, 1.54) is 11.1 Å². The Balaban J connectivity index is 0.00000264. The van der Waals surface area contributed by atoms with Crippen LogP contribution in [0.5, 0.6) is 0 Å². The molecule has 0 unspecified atom stereocenters. The Morgan fingerprint density at radius 1 is 1.22 bits per heavy atom. The van der Waals surface area contributed by atoms with Crippen LogP contribution in [-0.2, 0) is 17.7 Å². The summed E-state index contributed by atoms with van der Waals surface area (Å²) < 4.78 is 5.31. The summed E-state index contributed by atoms with van der Waals surface area (Å²) in [5.74, 6) is 0.845. The Morgan fingerprint density at radius 2 is 1.96 bits per heavy atom. The lowest BCUT2D eigenvalue weighted by atomic mass is 10.00. The molecule has 0 aliphatic carbocycles. The van der Waals surface area contributed by atoms with Gasteiger partial charge < -0.3 is 15.4 Å². The van der Waals surface area contributed by atoms with E-state index in [0.717, 1.165) is 51.7 Å². The maximum absolute atomic E-state index is 5.31. The molecule has 0 fully saturated rings. The SMILES string of the molecule is CCOCCNC(=NC)NCCN1CCc2ccccc2C1.I. The first-order valence-corrected chi connectivity index (χ1v) is 8.15. The molecule has 0 amide bonds. The second kappa shape index (κ2) is 11.6. The van der Waals surface area contributed by atoms with Gasteiger partial charge in [-0.15, -0.1) is 24.0 Å². The third-order valence-corrected chi connectivity index (χ3v) is 3.90. The van der Waals surface area contributed by atoms with Gasteiger partial charge in [0.2, 0.25) is 0 Å². The molecule has 1 heterocycles. The fourth-order valence-electron chi connectivity index (χ4n) is 2.68. The minimum Gasteiger partial charge on any atom is -0.380 e. The van der Waals surface area contributed by atoms with E-state index in [2.05, 4.69) is 44.8 Å². The molecule has 0 atom stereocenters. The van der Waals surface area contributed by atoms with Gasteiger partial charge in [0.05, 0.1) is 6.61 Å². The Kier molecular flexibility index (Phi) is 10.2. The Hall–Kier alpha value is -0.860. The van der Waals surface area contributed by atoms with Gasteiger partial charge in [-0.25, -0.2) is 0 Å². The number of nitrogens with zero attached hydrogens (tertiary/aromatic N) is 2. The average Bonchev–Trinajstić information content (AvgIpc) is 2.57. The fraction of sp³-hybridized carbons (Fsp3) is 0.588. The summed E-state index contributed by atoms with van der Waals surface area (Å²) in [6.07, 6.45) is 1.15. The first kappa shape index (κ1) is 20.2. The van der Waals surface area contributed by atoms with Crippen LogP contribution in [0.1, 0.15) is 18.1 Å².